The lowest BCUT2D eigenvalue weighted by atomic mass is 10.1. The third-order valence-corrected chi connectivity index (χ3v) is 5.03. The smallest absolute Gasteiger partial charge is 0.235 e. The summed E-state index contributed by atoms with van der Waals surface area (Å²) in [5.74, 6) is -0.234. The maximum atomic E-state index is 12.2. The van der Waals surface area contributed by atoms with Crippen LogP contribution in [0.2, 0.25) is 0 Å². The highest BCUT2D eigenvalue weighted by Gasteiger charge is 2.68. The minimum atomic E-state index is -0.990. The normalized spacial score (nSPS) is 23.0. The molecule has 0 unspecified atom stereocenters. The van der Waals surface area contributed by atoms with Gasteiger partial charge in [0.2, 0.25) is 5.91 Å². The van der Waals surface area contributed by atoms with Gasteiger partial charge in [0.05, 0.1) is 5.41 Å². The van der Waals surface area contributed by atoms with Gasteiger partial charge in [-0.3, -0.25) is 4.79 Å². The van der Waals surface area contributed by atoms with E-state index in [9.17, 15) is 4.79 Å². The molecule has 0 heterocycles. The Kier molecular flexibility index (Phi) is 4.28. The number of alkyl halides is 2. The zero-order chi connectivity index (χ0) is 15.0. The molecule has 1 N–H and O–H groups in total. The average Bonchev–Trinajstić information content (AvgIpc) is 2.92. The van der Waals surface area contributed by atoms with Crippen LogP contribution in [0.4, 0.5) is 5.69 Å². The summed E-state index contributed by atoms with van der Waals surface area (Å²) >= 11 is 17.3. The molecule has 1 fully saturated rings. The SMILES string of the molecule is CCN(C(=S)NC(=O)[C@@]1(C)CC1(Cl)Cl)c1ccccc1. The van der Waals surface area contributed by atoms with Crippen molar-refractivity contribution in [3.8, 4) is 0 Å². The summed E-state index contributed by atoms with van der Waals surface area (Å²) in [6, 6.07) is 9.66. The lowest BCUT2D eigenvalue weighted by Gasteiger charge is -2.25. The van der Waals surface area contributed by atoms with Crippen LogP contribution in [0.15, 0.2) is 30.3 Å². The third-order valence-electron chi connectivity index (χ3n) is 3.61. The predicted molar refractivity (Wildman–Crippen MR) is 87.4 cm³/mol. The second-order valence-corrected chi connectivity index (χ2v) is 6.92. The average molecular weight is 331 g/mol. The fourth-order valence-corrected chi connectivity index (χ4v) is 3.03. The first-order valence-electron chi connectivity index (χ1n) is 6.37. The van der Waals surface area contributed by atoms with E-state index in [4.69, 9.17) is 35.4 Å². The van der Waals surface area contributed by atoms with Crippen molar-refractivity contribution in [1.82, 2.24) is 5.32 Å². The number of hydrogen-bond acceptors (Lipinski definition) is 2. The zero-order valence-electron chi connectivity index (χ0n) is 11.3. The second-order valence-electron chi connectivity index (χ2n) is 5.05. The van der Waals surface area contributed by atoms with E-state index in [-0.39, 0.29) is 5.91 Å². The van der Waals surface area contributed by atoms with E-state index in [0.29, 0.717) is 18.1 Å². The fourth-order valence-electron chi connectivity index (χ4n) is 2.00. The van der Waals surface area contributed by atoms with E-state index in [1.54, 1.807) is 6.92 Å². The van der Waals surface area contributed by atoms with E-state index >= 15 is 0 Å². The van der Waals surface area contributed by atoms with Gasteiger partial charge < -0.3 is 10.2 Å². The maximum absolute atomic E-state index is 12.2. The lowest BCUT2D eigenvalue weighted by Crippen LogP contribution is -2.46. The van der Waals surface area contributed by atoms with Gasteiger partial charge in [0.1, 0.15) is 4.33 Å². The van der Waals surface area contributed by atoms with E-state index in [1.165, 1.54) is 0 Å². The Morgan fingerprint density at radius 2 is 1.95 bits per heavy atom. The highest BCUT2D eigenvalue weighted by atomic mass is 35.5. The van der Waals surface area contributed by atoms with Crippen LogP contribution in [0.3, 0.4) is 0 Å². The molecule has 0 saturated heterocycles. The Hall–Kier alpha value is -0.840. The van der Waals surface area contributed by atoms with Crippen LogP contribution in [0.5, 0.6) is 0 Å². The van der Waals surface area contributed by atoms with Crippen LogP contribution >= 0.6 is 35.4 Å². The molecular weight excluding hydrogens is 315 g/mol. The number of para-hydroxylation sites is 1. The minimum Gasteiger partial charge on any atom is -0.319 e. The molecule has 0 aliphatic heterocycles. The van der Waals surface area contributed by atoms with Gasteiger partial charge in [-0.15, -0.1) is 23.2 Å². The van der Waals surface area contributed by atoms with Crippen LogP contribution in [0.25, 0.3) is 0 Å². The Morgan fingerprint density at radius 3 is 2.40 bits per heavy atom. The van der Waals surface area contributed by atoms with Crippen molar-refractivity contribution >= 4 is 52.1 Å². The third kappa shape index (κ3) is 2.78. The largest absolute Gasteiger partial charge is 0.319 e. The highest BCUT2D eigenvalue weighted by Crippen LogP contribution is 2.63. The number of hydrogen-bond donors (Lipinski definition) is 1. The van der Waals surface area contributed by atoms with Crippen LogP contribution in [-0.2, 0) is 4.79 Å². The molecule has 1 aromatic rings. The summed E-state index contributed by atoms with van der Waals surface area (Å²) in [6.45, 7) is 4.37. The summed E-state index contributed by atoms with van der Waals surface area (Å²) in [4.78, 5) is 14.1. The van der Waals surface area contributed by atoms with Gasteiger partial charge in [0, 0.05) is 12.2 Å². The van der Waals surface area contributed by atoms with Gasteiger partial charge in [0.15, 0.2) is 5.11 Å². The summed E-state index contributed by atoms with van der Waals surface area (Å²) in [7, 11) is 0. The standard InChI is InChI=1S/C14H16Cl2N2OS/c1-3-18(10-7-5-4-6-8-10)12(20)17-11(19)13(2)9-14(13,15)16/h4-8H,3,9H2,1-2H3,(H,17,19,20)/t13-/m1/s1. The van der Waals surface area contributed by atoms with Gasteiger partial charge in [-0.05, 0) is 44.6 Å². The highest BCUT2D eigenvalue weighted by molar-refractivity contribution is 7.80. The molecule has 2 rings (SSSR count). The molecule has 0 bridgehead atoms. The molecule has 3 nitrogen and oxygen atoms in total. The number of nitrogens with zero attached hydrogens (tertiary/aromatic N) is 1. The zero-order valence-corrected chi connectivity index (χ0v) is 13.6. The summed E-state index contributed by atoms with van der Waals surface area (Å²) in [5, 5.41) is 3.10. The Balaban J connectivity index is 2.06. The van der Waals surface area contributed by atoms with Gasteiger partial charge >= 0.3 is 0 Å². The minimum absolute atomic E-state index is 0.234. The molecule has 1 aromatic carbocycles. The first-order chi connectivity index (χ1) is 9.32. The number of carbonyl (C=O) groups excluding carboxylic acids is 1. The Morgan fingerprint density at radius 1 is 1.40 bits per heavy atom. The molecule has 0 spiro atoms. The Bertz CT molecular complexity index is 535. The molecule has 1 aliphatic carbocycles. The summed E-state index contributed by atoms with van der Waals surface area (Å²) in [6.07, 6.45) is 0.440. The monoisotopic (exact) mass is 330 g/mol. The van der Waals surface area contributed by atoms with Crippen molar-refractivity contribution in [1.29, 1.82) is 0 Å². The van der Waals surface area contributed by atoms with Gasteiger partial charge in [-0.2, -0.15) is 0 Å². The van der Waals surface area contributed by atoms with Crippen LogP contribution in [0.1, 0.15) is 20.3 Å². The van der Waals surface area contributed by atoms with E-state index in [2.05, 4.69) is 5.32 Å². The van der Waals surface area contributed by atoms with Gasteiger partial charge in [-0.1, -0.05) is 18.2 Å². The number of carbonyl (C=O) groups is 1. The molecule has 1 atom stereocenters. The van der Waals surface area contributed by atoms with Crippen molar-refractivity contribution in [2.45, 2.75) is 24.6 Å². The van der Waals surface area contributed by atoms with Crippen molar-refractivity contribution in [3.63, 3.8) is 0 Å². The van der Waals surface area contributed by atoms with Gasteiger partial charge in [0.25, 0.3) is 0 Å². The van der Waals surface area contributed by atoms with Crippen LogP contribution < -0.4 is 10.2 Å². The lowest BCUT2D eigenvalue weighted by molar-refractivity contribution is -0.124. The number of rotatable bonds is 3. The molecule has 108 valence electrons. The molecule has 6 heteroatoms. The molecule has 1 aliphatic rings. The van der Waals surface area contributed by atoms with E-state index in [0.717, 1.165) is 5.69 Å². The first-order valence-corrected chi connectivity index (χ1v) is 7.54. The Labute approximate surface area is 134 Å². The van der Waals surface area contributed by atoms with E-state index < -0.39 is 9.75 Å². The summed E-state index contributed by atoms with van der Waals surface area (Å²) < 4.78 is -0.990. The van der Waals surface area contributed by atoms with Crippen molar-refractivity contribution in [2.75, 3.05) is 11.4 Å². The number of benzene rings is 1. The fraction of sp³-hybridized carbons (Fsp3) is 0.429. The first kappa shape index (κ1) is 15.5. The van der Waals surface area contributed by atoms with Gasteiger partial charge in [-0.25, -0.2) is 0 Å². The quantitative estimate of drug-likeness (QED) is 0.680. The number of anilines is 1. The second kappa shape index (κ2) is 5.51. The number of nitrogens with one attached hydrogen (secondary N) is 1. The number of thiocarbonyl (C=S) groups is 1. The van der Waals surface area contributed by atoms with Crippen molar-refractivity contribution in [2.24, 2.45) is 5.41 Å². The summed E-state index contributed by atoms with van der Waals surface area (Å²) in [5.41, 5.74) is 0.167. The van der Waals surface area contributed by atoms with Crippen molar-refractivity contribution < 1.29 is 4.79 Å². The topological polar surface area (TPSA) is 32.3 Å². The molecule has 1 amide bonds. The van der Waals surface area contributed by atoms with Crippen molar-refractivity contribution in [3.05, 3.63) is 30.3 Å². The number of halogens is 2. The molecule has 0 aromatic heterocycles. The maximum Gasteiger partial charge on any atom is 0.235 e. The molecule has 1 saturated carbocycles. The molecule has 0 radical (unpaired) electrons. The molecule has 20 heavy (non-hydrogen) atoms. The van der Waals surface area contributed by atoms with E-state index in [1.807, 2.05) is 42.2 Å². The molecular formula is C14H16Cl2N2OS. The number of amides is 1. The van der Waals surface area contributed by atoms with Crippen LogP contribution in [0, 0.1) is 5.41 Å². The predicted octanol–water partition coefficient (Wildman–Crippen LogP) is 3.50. The van der Waals surface area contributed by atoms with Crippen LogP contribution in [-0.4, -0.2) is 21.9 Å².